The average molecular weight is 480 g/mol. The van der Waals surface area contributed by atoms with Crippen LogP contribution in [0.4, 0.5) is 15.1 Å². The number of nitrogens with one attached hydrogen (secondary N) is 1. The lowest BCUT2D eigenvalue weighted by atomic mass is 9.83. The molecule has 0 saturated carbocycles. The number of ether oxygens (including phenoxy) is 2. The van der Waals surface area contributed by atoms with Crippen molar-refractivity contribution in [2.45, 2.75) is 51.2 Å². The number of benzene rings is 2. The zero-order chi connectivity index (χ0) is 24.4. The molecule has 2 fully saturated rings. The summed E-state index contributed by atoms with van der Waals surface area (Å²) in [6.07, 6.45) is 2.55. The Kier molecular flexibility index (Phi) is 6.47. The summed E-state index contributed by atoms with van der Waals surface area (Å²) >= 11 is 0. The van der Waals surface area contributed by atoms with Crippen LogP contribution >= 0.6 is 0 Å². The SMILES string of the molecule is Cc1noc(NC(=O)N2CCC3(CC2)C[C@@H](c2ccc(OCc4cccc(F)c4)cc2)CO3)c1C. The maximum absolute atomic E-state index is 13.3. The number of carbonyl (C=O) groups excluding carboxylic acids is 1. The molecule has 1 aromatic heterocycles. The highest BCUT2D eigenvalue weighted by molar-refractivity contribution is 5.88. The maximum Gasteiger partial charge on any atom is 0.324 e. The summed E-state index contributed by atoms with van der Waals surface area (Å²) < 4.78 is 30.7. The lowest BCUT2D eigenvalue weighted by molar-refractivity contribution is -0.0355. The zero-order valence-electron chi connectivity index (χ0n) is 20.1. The molecule has 1 N–H and O–H groups in total. The minimum atomic E-state index is -0.261. The molecule has 7 nitrogen and oxygen atoms in total. The first-order valence-electron chi connectivity index (χ1n) is 12.0. The third-order valence-electron chi connectivity index (χ3n) is 7.19. The maximum atomic E-state index is 13.3. The lowest BCUT2D eigenvalue weighted by Crippen LogP contribution is -2.47. The smallest absolute Gasteiger partial charge is 0.324 e. The Morgan fingerprint density at radius 3 is 2.66 bits per heavy atom. The van der Waals surface area contributed by atoms with Gasteiger partial charge >= 0.3 is 6.03 Å². The van der Waals surface area contributed by atoms with E-state index in [1.807, 2.05) is 36.9 Å². The van der Waals surface area contributed by atoms with Crippen LogP contribution < -0.4 is 10.1 Å². The van der Waals surface area contributed by atoms with E-state index in [9.17, 15) is 9.18 Å². The first-order chi connectivity index (χ1) is 16.9. The number of rotatable bonds is 5. The molecule has 5 rings (SSSR count). The second-order valence-electron chi connectivity index (χ2n) is 9.52. The van der Waals surface area contributed by atoms with Crippen LogP contribution in [0.5, 0.6) is 5.75 Å². The Hall–Kier alpha value is -3.39. The van der Waals surface area contributed by atoms with Gasteiger partial charge < -0.3 is 18.9 Å². The Morgan fingerprint density at radius 2 is 1.97 bits per heavy atom. The van der Waals surface area contributed by atoms with E-state index in [1.165, 1.54) is 17.7 Å². The fourth-order valence-corrected chi connectivity index (χ4v) is 4.86. The topological polar surface area (TPSA) is 76.8 Å². The van der Waals surface area contributed by atoms with Gasteiger partial charge in [0.1, 0.15) is 18.2 Å². The van der Waals surface area contributed by atoms with Crippen LogP contribution in [-0.4, -0.2) is 41.4 Å². The van der Waals surface area contributed by atoms with Crippen LogP contribution in [0.25, 0.3) is 0 Å². The molecule has 2 aliphatic rings. The first-order valence-corrected chi connectivity index (χ1v) is 12.0. The Labute approximate surface area is 204 Å². The number of piperidine rings is 1. The molecule has 1 spiro atoms. The summed E-state index contributed by atoms with van der Waals surface area (Å²) in [7, 11) is 0. The standard InChI is InChI=1S/C27H30FN3O4/c1-18-19(2)30-35-25(18)29-26(32)31-12-10-27(11-13-31)15-22(17-34-27)21-6-8-24(9-7-21)33-16-20-4-3-5-23(28)14-20/h3-9,14,22H,10-13,15-17H2,1-2H3,(H,29,32)/t22-/m1/s1. The number of nitrogens with zero attached hydrogens (tertiary/aromatic N) is 2. The van der Waals surface area contributed by atoms with Crippen LogP contribution in [0.2, 0.25) is 0 Å². The van der Waals surface area contributed by atoms with Crippen molar-refractivity contribution in [3.8, 4) is 5.75 Å². The number of urea groups is 1. The molecule has 2 amide bonds. The van der Waals surface area contributed by atoms with Gasteiger partial charge in [-0.25, -0.2) is 9.18 Å². The van der Waals surface area contributed by atoms with Crippen LogP contribution in [0.3, 0.4) is 0 Å². The van der Waals surface area contributed by atoms with Crippen molar-refractivity contribution in [3.63, 3.8) is 0 Å². The second-order valence-corrected chi connectivity index (χ2v) is 9.52. The molecule has 2 saturated heterocycles. The molecule has 8 heteroatoms. The quantitative estimate of drug-likeness (QED) is 0.517. The van der Waals surface area contributed by atoms with Crippen LogP contribution in [-0.2, 0) is 11.3 Å². The summed E-state index contributed by atoms with van der Waals surface area (Å²) in [6.45, 7) is 6.00. The number of likely N-dealkylation sites (tertiary alicyclic amines) is 1. The predicted octanol–water partition coefficient (Wildman–Crippen LogP) is 5.58. The van der Waals surface area contributed by atoms with Gasteiger partial charge in [0.15, 0.2) is 0 Å². The molecule has 2 aromatic carbocycles. The van der Waals surface area contributed by atoms with Gasteiger partial charge in [-0.3, -0.25) is 5.32 Å². The van der Waals surface area contributed by atoms with Gasteiger partial charge in [0, 0.05) is 24.6 Å². The highest BCUT2D eigenvalue weighted by atomic mass is 19.1. The molecular formula is C27H30FN3O4. The fourth-order valence-electron chi connectivity index (χ4n) is 4.86. The monoisotopic (exact) mass is 479 g/mol. The van der Waals surface area contributed by atoms with E-state index in [2.05, 4.69) is 22.6 Å². The van der Waals surface area contributed by atoms with Crippen molar-refractivity contribution in [1.82, 2.24) is 10.1 Å². The van der Waals surface area contributed by atoms with E-state index < -0.39 is 0 Å². The van der Waals surface area contributed by atoms with Crippen LogP contribution in [0, 0.1) is 19.7 Å². The van der Waals surface area contributed by atoms with E-state index >= 15 is 0 Å². The summed E-state index contributed by atoms with van der Waals surface area (Å²) in [6, 6.07) is 14.3. The molecular weight excluding hydrogens is 449 g/mol. The second kappa shape index (κ2) is 9.70. The van der Waals surface area contributed by atoms with E-state index in [0.29, 0.717) is 38.1 Å². The normalized spacial score (nSPS) is 19.2. The number of halogens is 1. The highest BCUT2D eigenvalue weighted by Gasteiger charge is 2.43. The summed E-state index contributed by atoms with van der Waals surface area (Å²) in [5.41, 5.74) is 3.45. The molecule has 2 aliphatic heterocycles. The first kappa shape index (κ1) is 23.4. The Morgan fingerprint density at radius 1 is 1.20 bits per heavy atom. The van der Waals surface area contributed by atoms with Crippen LogP contribution in [0.1, 0.15) is 47.6 Å². The molecule has 184 valence electrons. The molecule has 0 aliphatic carbocycles. The molecule has 0 unspecified atom stereocenters. The molecule has 3 aromatic rings. The van der Waals surface area contributed by atoms with Gasteiger partial charge in [-0.15, -0.1) is 0 Å². The van der Waals surface area contributed by atoms with Crippen molar-refractivity contribution in [3.05, 3.63) is 76.7 Å². The summed E-state index contributed by atoms with van der Waals surface area (Å²) in [5.74, 6) is 1.21. The minimum Gasteiger partial charge on any atom is -0.489 e. The Bertz CT molecular complexity index is 1190. The predicted molar refractivity (Wildman–Crippen MR) is 129 cm³/mol. The van der Waals surface area contributed by atoms with E-state index in [-0.39, 0.29) is 17.4 Å². The minimum absolute atomic E-state index is 0.164. The van der Waals surface area contributed by atoms with Gasteiger partial charge in [-0.1, -0.05) is 29.4 Å². The largest absolute Gasteiger partial charge is 0.489 e. The number of hydrogen-bond acceptors (Lipinski definition) is 5. The molecule has 0 radical (unpaired) electrons. The summed E-state index contributed by atoms with van der Waals surface area (Å²) in [4.78, 5) is 14.5. The van der Waals surface area contributed by atoms with Gasteiger partial charge in [-0.2, -0.15) is 0 Å². The number of carbonyl (C=O) groups is 1. The van der Waals surface area contributed by atoms with Crippen molar-refractivity contribution in [2.75, 3.05) is 25.0 Å². The molecule has 35 heavy (non-hydrogen) atoms. The Balaban J connectivity index is 1.12. The average Bonchev–Trinajstić information content (AvgIpc) is 3.42. The van der Waals surface area contributed by atoms with Gasteiger partial charge in [0.05, 0.1) is 17.9 Å². The third kappa shape index (κ3) is 5.17. The molecule has 0 bridgehead atoms. The number of aromatic nitrogens is 1. The van der Waals surface area contributed by atoms with Gasteiger partial charge in [-0.05, 0) is 68.5 Å². The van der Waals surface area contributed by atoms with Crippen molar-refractivity contribution in [1.29, 1.82) is 0 Å². The zero-order valence-corrected chi connectivity index (χ0v) is 20.1. The van der Waals surface area contributed by atoms with Crippen LogP contribution in [0.15, 0.2) is 53.1 Å². The molecule has 3 heterocycles. The number of amides is 2. The van der Waals surface area contributed by atoms with E-state index in [1.54, 1.807) is 6.07 Å². The van der Waals surface area contributed by atoms with Gasteiger partial charge in [0.25, 0.3) is 0 Å². The fraction of sp³-hybridized carbons (Fsp3) is 0.407. The summed E-state index contributed by atoms with van der Waals surface area (Å²) in [5, 5.41) is 6.72. The highest BCUT2D eigenvalue weighted by Crippen LogP contribution is 2.43. The lowest BCUT2D eigenvalue weighted by Gasteiger charge is -2.38. The third-order valence-corrected chi connectivity index (χ3v) is 7.19. The number of anilines is 1. The van der Waals surface area contributed by atoms with Crippen molar-refractivity contribution in [2.24, 2.45) is 0 Å². The van der Waals surface area contributed by atoms with Crippen molar-refractivity contribution >= 4 is 11.9 Å². The van der Waals surface area contributed by atoms with E-state index in [0.717, 1.165) is 41.8 Å². The number of hydrogen-bond donors (Lipinski definition) is 1. The van der Waals surface area contributed by atoms with Crippen molar-refractivity contribution < 1.29 is 23.2 Å². The van der Waals surface area contributed by atoms with Gasteiger partial charge in [0.2, 0.25) is 5.88 Å². The number of aryl methyl sites for hydroxylation is 1. The molecule has 1 atom stereocenters. The van der Waals surface area contributed by atoms with E-state index in [4.69, 9.17) is 14.0 Å².